The topological polar surface area (TPSA) is 68.1 Å². The molecule has 0 spiro atoms. The van der Waals surface area contributed by atoms with Crippen LogP contribution < -0.4 is 15.9 Å². The molecule has 1 aromatic heterocycles. The van der Waals surface area contributed by atoms with Crippen LogP contribution >= 0.6 is 0 Å². The second kappa shape index (κ2) is 4.59. The van der Waals surface area contributed by atoms with Crippen molar-refractivity contribution < 1.29 is 9.13 Å². The van der Waals surface area contributed by atoms with Gasteiger partial charge in [0.1, 0.15) is 11.6 Å². The standard InChI is InChI=1S/C17H13FN2O2/c18-11-4-2-1-3-9(11)13-8-15(21)16-14(20-13)7-12(19)10-5-6-22-17(10)16/h1-4,7-8H,5-6,19H2,(H,20,21). The van der Waals surface area contributed by atoms with Gasteiger partial charge in [-0.15, -0.1) is 0 Å². The van der Waals surface area contributed by atoms with Crippen LogP contribution in [0.5, 0.6) is 5.75 Å². The number of benzene rings is 2. The minimum absolute atomic E-state index is 0.204. The molecule has 110 valence electrons. The second-order valence-corrected chi connectivity index (χ2v) is 5.32. The summed E-state index contributed by atoms with van der Waals surface area (Å²) in [5.74, 6) is 0.166. The van der Waals surface area contributed by atoms with E-state index in [0.29, 0.717) is 46.6 Å². The molecule has 2 heterocycles. The lowest BCUT2D eigenvalue weighted by Crippen LogP contribution is -2.06. The van der Waals surface area contributed by atoms with Crippen LogP contribution in [0.1, 0.15) is 5.56 Å². The van der Waals surface area contributed by atoms with E-state index in [1.54, 1.807) is 24.3 Å². The van der Waals surface area contributed by atoms with Crippen LogP contribution in [0.25, 0.3) is 22.2 Å². The van der Waals surface area contributed by atoms with Crippen LogP contribution in [0.2, 0.25) is 0 Å². The lowest BCUT2D eigenvalue weighted by molar-refractivity contribution is 0.360. The Balaban J connectivity index is 2.05. The maximum atomic E-state index is 13.9. The molecule has 3 N–H and O–H groups in total. The number of H-pyrrole nitrogens is 1. The molecule has 0 saturated heterocycles. The summed E-state index contributed by atoms with van der Waals surface area (Å²) in [6, 6.07) is 9.43. The molecule has 0 radical (unpaired) electrons. The Hall–Kier alpha value is -2.82. The third-order valence-corrected chi connectivity index (χ3v) is 3.97. The minimum atomic E-state index is -0.386. The molecule has 0 fully saturated rings. The van der Waals surface area contributed by atoms with E-state index in [9.17, 15) is 9.18 Å². The predicted molar refractivity (Wildman–Crippen MR) is 83.6 cm³/mol. The van der Waals surface area contributed by atoms with E-state index in [1.807, 2.05) is 0 Å². The van der Waals surface area contributed by atoms with Gasteiger partial charge >= 0.3 is 0 Å². The summed E-state index contributed by atoms with van der Waals surface area (Å²) in [7, 11) is 0. The summed E-state index contributed by atoms with van der Waals surface area (Å²) >= 11 is 0. The van der Waals surface area contributed by atoms with E-state index in [0.717, 1.165) is 5.56 Å². The Kier molecular flexibility index (Phi) is 2.69. The lowest BCUT2D eigenvalue weighted by atomic mass is 10.0. The van der Waals surface area contributed by atoms with Crippen LogP contribution in [0.15, 0.2) is 41.2 Å². The Bertz CT molecular complexity index is 963. The molecule has 4 nitrogen and oxygen atoms in total. The van der Waals surface area contributed by atoms with Gasteiger partial charge < -0.3 is 15.5 Å². The van der Waals surface area contributed by atoms with Gasteiger partial charge in [0, 0.05) is 29.3 Å². The number of nitrogen functional groups attached to an aromatic ring is 1. The van der Waals surface area contributed by atoms with Crippen molar-refractivity contribution >= 4 is 16.6 Å². The first-order chi connectivity index (χ1) is 10.6. The van der Waals surface area contributed by atoms with Crippen LogP contribution in [0.3, 0.4) is 0 Å². The number of nitrogens with one attached hydrogen (secondary N) is 1. The highest BCUT2D eigenvalue weighted by atomic mass is 19.1. The van der Waals surface area contributed by atoms with Crippen molar-refractivity contribution in [1.82, 2.24) is 4.98 Å². The van der Waals surface area contributed by atoms with Crippen molar-refractivity contribution in [3.05, 3.63) is 58.0 Å². The molecule has 2 aromatic carbocycles. The van der Waals surface area contributed by atoms with Crippen LogP contribution in [-0.4, -0.2) is 11.6 Å². The number of rotatable bonds is 1. The first-order valence-electron chi connectivity index (χ1n) is 7.01. The van der Waals surface area contributed by atoms with Crippen LogP contribution in [-0.2, 0) is 6.42 Å². The van der Waals surface area contributed by atoms with Gasteiger partial charge in [-0.25, -0.2) is 4.39 Å². The predicted octanol–water partition coefficient (Wildman–Crippen LogP) is 2.85. The van der Waals surface area contributed by atoms with Crippen molar-refractivity contribution in [1.29, 1.82) is 0 Å². The molecule has 0 saturated carbocycles. The normalized spacial score (nSPS) is 13.1. The first-order valence-corrected chi connectivity index (χ1v) is 7.01. The maximum Gasteiger partial charge on any atom is 0.193 e. The summed E-state index contributed by atoms with van der Waals surface area (Å²) in [6.45, 7) is 0.521. The molecule has 22 heavy (non-hydrogen) atoms. The van der Waals surface area contributed by atoms with Gasteiger partial charge in [-0.05, 0) is 18.2 Å². The van der Waals surface area contributed by atoms with Crippen molar-refractivity contribution in [3.8, 4) is 17.0 Å². The largest absolute Gasteiger partial charge is 0.492 e. The number of aromatic nitrogens is 1. The molecule has 0 amide bonds. The average molecular weight is 296 g/mol. The highest BCUT2D eigenvalue weighted by Gasteiger charge is 2.21. The van der Waals surface area contributed by atoms with Crippen LogP contribution in [0.4, 0.5) is 10.1 Å². The van der Waals surface area contributed by atoms with E-state index >= 15 is 0 Å². The third kappa shape index (κ3) is 1.79. The van der Waals surface area contributed by atoms with Gasteiger partial charge in [-0.3, -0.25) is 4.79 Å². The van der Waals surface area contributed by atoms with E-state index in [1.165, 1.54) is 12.1 Å². The molecule has 1 aliphatic rings. The minimum Gasteiger partial charge on any atom is -0.492 e. The number of nitrogens with two attached hydrogens (primary N) is 1. The van der Waals surface area contributed by atoms with Gasteiger partial charge in [-0.1, -0.05) is 12.1 Å². The summed E-state index contributed by atoms with van der Waals surface area (Å²) < 4.78 is 19.5. The maximum absolute atomic E-state index is 13.9. The van der Waals surface area contributed by atoms with E-state index < -0.39 is 0 Å². The number of hydrogen-bond donors (Lipinski definition) is 2. The molecule has 0 bridgehead atoms. The molecular weight excluding hydrogens is 283 g/mol. The Morgan fingerprint density at radius 1 is 1.23 bits per heavy atom. The van der Waals surface area contributed by atoms with Crippen molar-refractivity contribution in [3.63, 3.8) is 0 Å². The fourth-order valence-corrected chi connectivity index (χ4v) is 2.94. The summed E-state index contributed by atoms with van der Waals surface area (Å²) in [5.41, 5.74) is 8.62. The Morgan fingerprint density at radius 2 is 2.05 bits per heavy atom. The summed E-state index contributed by atoms with van der Waals surface area (Å²) in [5, 5.41) is 0.474. The Labute approximate surface area is 125 Å². The zero-order valence-electron chi connectivity index (χ0n) is 11.7. The zero-order valence-corrected chi connectivity index (χ0v) is 11.7. The highest BCUT2D eigenvalue weighted by Crippen LogP contribution is 2.36. The number of anilines is 1. The quantitative estimate of drug-likeness (QED) is 0.678. The van der Waals surface area contributed by atoms with E-state index in [-0.39, 0.29) is 11.2 Å². The van der Waals surface area contributed by atoms with Gasteiger partial charge in [0.15, 0.2) is 5.43 Å². The molecule has 5 heteroatoms. The molecule has 0 aliphatic carbocycles. The van der Waals surface area contributed by atoms with Crippen LogP contribution in [0, 0.1) is 5.82 Å². The van der Waals surface area contributed by atoms with E-state index in [4.69, 9.17) is 10.5 Å². The zero-order chi connectivity index (χ0) is 15.3. The molecule has 0 atom stereocenters. The molecule has 3 aromatic rings. The smallest absolute Gasteiger partial charge is 0.193 e. The number of aromatic amines is 1. The SMILES string of the molecule is Nc1cc2[nH]c(-c3ccccc3F)cc(=O)c2c2c1CCO2. The summed E-state index contributed by atoms with van der Waals surface area (Å²) in [4.78, 5) is 15.6. The highest BCUT2D eigenvalue weighted by molar-refractivity contribution is 5.92. The fourth-order valence-electron chi connectivity index (χ4n) is 2.94. The third-order valence-electron chi connectivity index (χ3n) is 3.97. The number of halogens is 1. The first kappa shape index (κ1) is 12.9. The lowest BCUT2D eigenvalue weighted by Gasteiger charge is -2.10. The fraction of sp³-hybridized carbons (Fsp3) is 0.118. The summed E-state index contributed by atoms with van der Waals surface area (Å²) in [6.07, 6.45) is 0.700. The van der Waals surface area contributed by atoms with Crippen molar-refractivity contribution in [2.45, 2.75) is 6.42 Å². The Morgan fingerprint density at radius 3 is 2.86 bits per heavy atom. The number of fused-ring (bicyclic) bond motifs is 3. The average Bonchev–Trinajstić information content (AvgIpc) is 2.97. The van der Waals surface area contributed by atoms with Gasteiger partial charge in [0.05, 0.1) is 23.2 Å². The number of hydrogen-bond acceptors (Lipinski definition) is 3. The van der Waals surface area contributed by atoms with Crippen molar-refractivity contribution in [2.75, 3.05) is 12.3 Å². The second-order valence-electron chi connectivity index (χ2n) is 5.32. The van der Waals surface area contributed by atoms with Gasteiger partial charge in [-0.2, -0.15) is 0 Å². The molecule has 0 unspecified atom stereocenters. The number of ether oxygens (including phenoxy) is 1. The monoisotopic (exact) mass is 296 g/mol. The van der Waals surface area contributed by atoms with Gasteiger partial charge in [0.25, 0.3) is 0 Å². The number of pyridine rings is 1. The van der Waals surface area contributed by atoms with Crippen molar-refractivity contribution in [2.24, 2.45) is 0 Å². The molecule has 4 rings (SSSR count). The van der Waals surface area contributed by atoms with E-state index in [2.05, 4.69) is 4.98 Å². The molecule has 1 aliphatic heterocycles. The molecular formula is C17H13FN2O2. The van der Waals surface area contributed by atoms with Gasteiger partial charge in [0.2, 0.25) is 0 Å².